The first kappa shape index (κ1) is 13.4. The Morgan fingerprint density at radius 2 is 2.12 bits per heavy atom. The van der Waals surface area contributed by atoms with Crippen molar-refractivity contribution in [3.63, 3.8) is 0 Å². The molecule has 0 aliphatic heterocycles. The van der Waals surface area contributed by atoms with Crippen LogP contribution in [0.5, 0.6) is 5.75 Å². The van der Waals surface area contributed by atoms with Gasteiger partial charge in [0.15, 0.2) is 11.6 Å². The Labute approximate surface area is 96.2 Å². The van der Waals surface area contributed by atoms with Gasteiger partial charge in [0.05, 0.1) is 11.4 Å². The standard InChI is InChI=1S/C10H13F3N2O2/c11-6-4-7(14)8(15-2-1-3-16)5-9(6)17-10(12)13/h4-5,10,15-16H,1-3,14H2. The average molecular weight is 250 g/mol. The molecule has 0 amide bonds. The van der Waals surface area contributed by atoms with Crippen LogP contribution in [0.3, 0.4) is 0 Å². The van der Waals surface area contributed by atoms with E-state index in [0.29, 0.717) is 13.0 Å². The Balaban J connectivity index is 2.82. The van der Waals surface area contributed by atoms with Crippen molar-refractivity contribution < 1.29 is 23.0 Å². The maximum atomic E-state index is 13.2. The van der Waals surface area contributed by atoms with E-state index in [-0.39, 0.29) is 18.0 Å². The van der Waals surface area contributed by atoms with Crippen molar-refractivity contribution in [3.05, 3.63) is 17.9 Å². The second kappa shape index (κ2) is 6.19. The number of benzene rings is 1. The molecule has 1 aromatic rings. The first-order chi connectivity index (χ1) is 8.04. The van der Waals surface area contributed by atoms with Gasteiger partial charge in [-0.05, 0) is 6.42 Å². The van der Waals surface area contributed by atoms with Crippen LogP contribution in [-0.4, -0.2) is 24.9 Å². The molecule has 0 bridgehead atoms. The summed E-state index contributed by atoms with van der Waals surface area (Å²) in [5, 5.41) is 11.4. The molecule has 0 radical (unpaired) electrons. The maximum absolute atomic E-state index is 13.2. The molecular weight excluding hydrogens is 237 g/mol. The Kier molecular flexibility index (Phi) is 4.89. The molecule has 1 rings (SSSR count). The smallest absolute Gasteiger partial charge is 0.387 e. The van der Waals surface area contributed by atoms with Crippen LogP contribution >= 0.6 is 0 Å². The number of anilines is 2. The molecule has 0 saturated heterocycles. The lowest BCUT2D eigenvalue weighted by Crippen LogP contribution is -2.08. The molecule has 0 aromatic heterocycles. The highest BCUT2D eigenvalue weighted by Crippen LogP contribution is 2.29. The second-order valence-electron chi connectivity index (χ2n) is 3.25. The average Bonchev–Trinajstić information content (AvgIpc) is 2.24. The van der Waals surface area contributed by atoms with Gasteiger partial charge in [-0.2, -0.15) is 8.78 Å². The molecule has 0 aliphatic carbocycles. The lowest BCUT2D eigenvalue weighted by atomic mass is 10.2. The van der Waals surface area contributed by atoms with Gasteiger partial charge in [-0.3, -0.25) is 0 Å². The van der Waals surface area contributed by atoms with Crippen molar-refractivity contribution in [2.45, 2.75) is 13.0 Å². The fourth-order valence-electron chi connectivity index (χ4n) is 1.21. The highest BCUT2D eigenvalue weighted by molar-refractivity contribution is 5.68. The zero-order chi connectivity index (χ0) is 12.8. The number of aliphatic hydroxyl groups excluding tert-OH is 1. The number of ether oxygens (including phenoxy) is 1. The van der Waals surface area contributed by atoms with Crippen LogP contribution < -0.4 is 15.8 Å². The topological polar surface area (TPSA) is 67.5 Å². The zero-order valence-corrected chi connectivity index (χ0v) is 8.92. The predicted octanol–water partition coefficient (Wildman–Crippen LogP) is 1.80. The largest absolute Gasteiger partial charge is 0.432 e. The molecule has 0 fully saturated rings. The third-order valence-electron chi connectivity index (χ3n) is 1.97. The summed E-state index contributed by atoms with van der Waals surface area (Å²) in [5.74, 6) is -1.52. The number of nitrogens with two attached hydrogens (primary N) is 1. The number of hydrogen-bond acceptors (Lipinski definition) is 4. The minimum absolute atomic E-state index is 0.0194. The number of alkyl halides is 2. The van der Waals surface area contributed by atoms with Crippen LogP contribution in [0, 0.1) is 5.82 Å². The minimum Gasteiger partial charge on any atom is -0.432 e. The van der Waals surface area contributed by atoms with Gasteiger partial charge in [-0.25, -0.2) is 4.39 Å². The number of nitrogens with one attached hydrogen (secondary N) is 1. The van der Waals surface area contributed by atoms with Crippen LogP contribution in [-0.2, 0) is 0 Å². The van der Waals surface area contributed by atoms with E-state index in [1.807, 2.05) is 0 Å². The van der Waals surface area contributed by atoms with E-state index in [2.05, 4.69) is 10.1 Å². The quantitative estimate of drug-likeness (QED) is 0.532. The van der Waals surface area contributed by atoms with Gasteiger partial charge >= 0.3 is 6.61 Å². The van der Waals surface area contributed by atoms with Gasteiger partial charge in [0.2, 0.25) is 0 Å². The second-order valence-corrected chi connectivity index (χ2v) is 3.25. The number of halogens is 3. The number of nitrogen functional groups attached to an aromatic ring is 1. The normalized spacial score (nSPS) is 10.6. The Hall–Kier alpha value is -1.63. The Morgan fingerprint density at radius 1 is 1.41 bits per heavy atom. The van der Waals surface area contributed by atoms with Crippen molar-refractivity contribution in [3.8, 4) is 5.75 Å². The van der Waals surface area contributed by atoms with Crippen LogP contribution in [0.4, 0.5) is 24.5 Å². The number of aliphatic hydroxyl groups is 1. The summed E-state index contributed by atoms with van der Waals surface area (Å²) in [6.45, 7) is -2.73. The van der Waals surface area contributed by atoms with Gasteiger partial charge in [0.1, 0.15) is 0 Å². The zero-order valence-electron chi connectivity index (χ0n) is 8.92. The SMILES string of the molecule is Nc1cc(F)c(OC(F)F)cc1NCCCO. The van der Waals surface area contributed by atoms with Gasteiger partial charge in [0.25, 0.3) is 0 Å². The van der Waals surface area contributed by atoms with Gasteiger partial charge in [-0.15, -0.1) is 0 Å². The maximum Gasteiger partial charge on any atom is 0.387 e. The summed E-state index contributed by atoms with van der Waals surface area (Å²) in [6, 6.07) is 1.97. The van der Waals surface area contributed by atoms with E-state index in [9.17, 15) is 13.2 Å². The lowest BCUT2D eigenvalue weighted by molar-refractivity contribution is -0.0521. The molecule has 7 heteroatoms. The molecule has 4 nitrogen and oxygen atoms in total. The third-order valence-corrected chi connectivity index (χ3v) is 1.97. The van der Waals surface area contributed by atoms with Gasteiger partial charge < -0.3 is 20.9 Å². The lowest BCUT2D eigenvalue weighted by Gasteiger charge is -2.12. The highest BCUT2D eigenvalue weighted by atomic mass is 19.3. The molecule has 1 aromatic carbocycles. The monoisotopic (exact) mass is 250 g/mol. The highest BCUT2D eigenvalue weighted by Gasteiger charge is 2.13. The van der Waals surface area contributed by atoms with Crippen molar-refractivity contribution in [2.75, 3.05) is 24.2 Å². The van der Waals surface area contributed by atoms with E-state index in [4.69, 9.17) is 10.8 Å². The van der Waals surface area contributed by atoms with E-state index in [1.165, 1.54) is 0 Å². The molecule has 0 aliphatic rings. The van der Waals surface area contributed by atoms with Crippen molar-refractivity contribution in [2.24, 2.45) is 0 Å². The Bertz CT molecular complexity index is 375. The van der Waals surface area contributed by atoms with E-state index in [1.54, 1.807) is 0 Å². The molecular formula is C10H13F3N2O2. The van der Waals surface area contributed by atoms with Crippen LogP contribution in [0.1, 0.15) is 6.42 Å². The molecule has 96 valence electrons. The van der Waals surface area contributed by atoms with Gasteiger partial charge in [0, 0.05) is 25.3 Å². The summed E-state index contributed by atoms with van der Waals surface area (Å²) in [4.78, 5) is 0. The third kappa shape index (κ3) is 4.03. The van der Waals surface area contributed by atoms with Gasteiger partial charge in [-0.1, -0.05) is 0 Å². The predicted molar refractivity (Wildman–Crippen MR) is 57.6 cm³/mol. The minimum atomic E-state index is -3.10. The fourth-order valence-corrected chi connectivity index (χ4v) is 1.21. The first-order valence-electron chi connectivity index (χ1n) is 4.93. The van der Waals surface area contributed by atoms with E-state index in [0.717, 1.165) is 12.1 Å². The molecule has 17 heavy (non-hydrogen) atoms. The molecule has 4 N–H and O–H groups in total. The molecule has 0 spiro atoms. The van der Waals surface area contributed by atoms with Crippen LogP contribution in [0.15, 0.2) is 12.1 Å². The van der Waals surface area contributed by atoms with Crippen LogP contribution in [0.2, 0.25) is 0 Å². The van der Waals surface area contributed by atoms with Crippen molar-refractivity contribution in [1.82, 2.24) is 0 Å². The molecule has 0 atom stereocenters. The van der Waals surface area contributed by atoms with Crippen molar-refractivity contribution >= 4 is 11.4 Å². The van der Waals surface area contributed by atoms with E-state index >= 15 is 0 Å². The first-order valence-corrected chi connectivity index (χ1v) is 4.93. The molecule has 0 unspecified atom stereocenters. The summed E-state index contributed by atoms with van der Waals surface area (Å²) in [7, 11) is 0. The molecule has 0 heterocycles. The van der Waals surface area contributed by atoms with Crippen molar-refractivity contribution in [1.29, 1.82) is 0 Å². The number of rotatable bonds is 6. The number of hydrogen-bond donors (Lipinski definition) is 3. The van der Waals surface area contributed by atoms with E-state index < -0.39 is 18.2 Å². The summed E-state index contributed by atoms with van der Waals surface area (Å²) < 4.78 is 41.1. The van der Waals surface area contributed by atoms with Crippen LogP contribution in [0.25, 0.3) is 0 Å². The summed E-state index contributed by atoms with van der Waals surface area (Å²) >= 11 is 0. The Morgan fingerprint density at radius 3 is 2.71 bits per heavy atom. The summed E-state index contributed by atoms with van der Waals surface area (Å²) in [6.07, 6.45) is 0.460. The fraction of sp³-hybridized carbons (Fsp3) is 0.400. The summed E-state index contributed by atoms with van der Waals surface area (Å²) in [5.41, 5.74) is 5.87. The molecule has 0 saturated carbocycles.